The maximum Gasteiger partial charge on any atom is 0.123 e. The Bertz CT molecular complexity index is 193. The number of rotatable bonds is 1. The van der Waals surface area contributed by atoms with Crippen LogP contribution in [0.1, 0.15) is 40.5 Å². The molecule has 0 radical (unpaired) electrons. The molecule has 0 amide bonds. The Labute approximate surface area is 79.7 Å². The van der Waals surface area contributed by atoms with Crippen LogP contribution in [0.2, 0.25) is 0 Å². The predicted molar refractivity (Wildman–Crippen MR) is 51.3 cm³/mol. The van der Waals surface area contributed by atoms with Gasteiger partial charge in [0.05, 0.1) is 11.1 Å². The van der Waals surface area contributed by atoms with E-state index in [1.165, 1.54) is 0 Å². The van der Waals surface area contributed by atoms with Gasteiger partial charge in [-0.25, -0.2) is 0 Å². The Morgan fingerprint density at radius 2 is 1.62 bits per heavy atom. The number of piperidine rings is 1. The molecule has 0 aromatic rings. The Morgan fingerprint density at radius 1 is 1.23 bits per heavy atom. The molecule has 0 aromatic carbocycles. The molecule has 3 heteroatoms. The highest BCUT2D eigenvalue weighted by molar-refractivity contribution is 5.54. The van der Waals surface area contributed by atoms with E-state index < -0.39 is 0 Å². The fourth-order valence-electron chi connectivity index (χ4n) is 2.58. The lowest BCUT2D eigenvalue weighted by atomic mass is 9.76. The van der Waals surface area contributed by atoms with E-state index in [9.17, 15) is 10.0 Å². The van der Waals surface area contributed by atoms with Gasteiger partial charge in [0.15, 0.2) is 0 Å². The van der Waals surface area contributed by atoms with E-state index in [4.69, 9.17) is 0 Å². The number of nitrogens with one attached hydrogen (secondary N) is 1. The van der Waals surface area contributed by atoms with E-state index in [0.29, 0.717) is 12.8 Å². The van der Waals surface area contributed by atoms with E-state index in [-0.39, 0.29) is 22.1 Å². The minimum atomic E-state index is -0.326. The third-order valence-corrected chi connectivity index (χ3v) is 2.97. The maximum absolute atomic E-state index is 11.9. The smallest absolute Gasteiger partial charge is 0.123 e. The van der Waals surface area contributed by atoms with Crippen molar-refractivity contribution in [3.05, 3.63) is 5.21 Å². The molecule has 1 heterocycles. The quantitative estimate of drug-likeness (QED) is 0.478. The highest BCUT2D eigenvalue weighted by Gasteiger charge is 2.44. The fourth-order valence-corrected chi connectivity index (χ4v) is 2.58. The zero-order chi connectivity index (χ0) is 10.3. The molecule has 1 aliphatic heterocycles. The summed E-state index contributed by atoms with van der Waals surface area (Å²) in [5.74, 6) is 0.0581. The largest absolute Gasteiger partial charge is 0.634 e. The molecule has 0 atom stereocenters. The standard InChI is InChI=1S/C10H19NO2/c1-9(2)5-8(7-12)6-10(3,4)11(9)13/h7-8,11H,5-6H2,1-4H3. The van der Waals surface area contributed by atoms with Crippen molar-refractivity contribution in [1.82, 2.24) is 0 Å². The lowest BCUT2D eigenvalue weighted by Gasteiger charge is -2.53. The second kappa shape index (κ2) is 3.07. The van der Waals surface area contributed by atoms with Crippen LogP contribution in [-0.2, 0) is 4.79 Å². The molecule has 1 aliphatic rings. The lowest BCUT2D eigenvalue weighted by Crippen LogP contribution is -3.23. The lowest BCUT2D eigenvalue weighted by molar-refractivity contribution is -0.956. The summed E-state index contributed by atoms with van der Waals surface area (Å²) < 4.78 is 0. The van der Waals surface area contributed by atoms with Crippen LogP contribution in [0, 0.1) is 11.1 Å². The van der Waals surface area contributed by atoms with Gasteiger partial charge in [-0.15, -0.1) is 0 Å². The number of quaternary nitrogens is 1. The van der Waals surface area contributed by atoms with Crippen molar-refractivity contribution in [2.24, 2.45) is 5.92 Å². The number of carbonyl (C=O) groups excluding carboxylic acids is 1. The first-order chi connectivity index (χ1) is 5.79. The summed E-state index contributed by atoms with van der Waals surface area (Å²) in [6, 6.07) is 0. The van der Waals surface area contributed by atoms with Gasteiger partial charge in [0.2, 0.25) is 0 Å². The summed E-state index contributed by atoms with van der Waals surface area (Å²) in [5.41, 5.74) is -0.652. The van der Waals surface area contributed by atoms with Gasteiger partial charge >= 0.3 is 0 Å². The molecule has 0 unspecified atom stereocenters. The predicted octanol–water partition coefficient (Wildman–Crippen LogP) is 0.535. The number of aldehydes is 1. The molecule has 3 nitrogen and oxygen atoms in total. The Hall–Kier alpha value is -0.410. The SMILES string of the molecule is CC1(C)CC(C=O)CC(C)(C)[NH+]1[O-]. The molecule has 0 aliphatic carbocycles. The minimum Gasteiger partial charge on any atom is -0.634 e. The van der Waals surface area contributed by atoms with Crippen LogP contribution in [0.25, 0.3) is 0 Å². The summed E-state index contributed by atoms with van der Waals surface area (Å²) in [6.45, 7) is 7.75. The van der Waals surface area contributed by atoms with Crippen LogP contribution >= 0.6 is 0 Å². The van der Waals surface area contributed by atoms with Crippen LogP contribution in [-0.4, -0.2) is 17.4 Å². The minimum absolute atomic E-state index is 0.0581. The molecule has 1 N–H and O–H groups in total. The molecule has 1 saturated heterocycles. The highest BCUT2D eigenvalue weighted by atomic mass is 16.5. The third kappa shape index (κ3) is 1.92. The van der Waals surface area contributed by atoms with E-state index in [1.54, 1.807) is 0 Å². The average Bonchev–Trinajstić information content (AvgIpc) is 1.99. The first kappa shape index (κ1) is 10.7. The van der Waals surface area contributed by atoms with Gasteiger partial charge in [0.25, 0.3) is 0 Å². The molecule has 0 spiro atoms. The maximum atomic E-state index is 11.9. The van der Waals surface area contributed by atoms with Crippen LogP contribution < -0.4 is 5.06 Å². The number of carbonyl (C=O) groups is 1. The molecule has 0 bridgehead atoms. The van der Waals surface area contributed by atoms with Crippen LogP contribution in [0.4, 0.5) is 0 Å². The first-order valence-corrected chi connectivity index (χ1v) is 4.80. The number of hydrogen-bond donors (Lipinski definition) is 1. The zero-order valence-corrected chi connectivity index (χ0v) is 8.89. The summed E-state index contributed by atoms with van der Waals surface area (Å²) in [5, 5.41) is 12.2. The van der Waals surface area contributed by atoms with Crippen LogP contribution in [0.5, 0.6) is 0 Å². The van der Waals surface area contributed by atoms with Gasteiger partial charge in [-0.2, -0.15) is 0 Å². The van der Waals surface area contributed by atoms with Crippen LogP contribution in [0.15, 0.2) is 0 Å². The third-order valence-electron chi connectivity index (χ3n) is 2.97. The van der Waals surface area contributed by atoms with E-state index in [1.807, 2.05) is 27.7 Å². The van der Waals surface area contributed by atoms with Crippen molar-refractivity contribution in [3.63, 3.8) is 0 Å². The molecule has 1 fully saturated rings. The first-order valence-electron chi connectivity index (χ1n) is 4.80. The average molecular weight is 185 g/mol. The van der Waals surface area contributed by atoms with Crippen LogP contribution in [0.3, 0.4) is 0 Å². The van der Waals surface area contributed by atoms with Gasteiger partial charge in [0.1, 0.15) is 6.29 Å². The topological polar surface area (TPSA) is 44.6 Å². The summed E-state index contributed by atoms with van der Waals surface area (Å²) in [7, 11) is 0. The van der Waals surface area contributed by atoms with Crippen molar-refractivity contribution < 1.29 is 9.86 Å². The molecule has 1 rings (SSSR count). The van der Waals surface area contributed by atoms with Gasteiger partial charge in [-0.3, -0.25) is 0 Å². The summed E-state index contributed by atoms with van der Waals surface area (Å²) in [6.07, 6.45) is 2.41. The Kier molecular flexibility index (Phi) is 2.52. The number of hydrogen-bond acceptors (Lipinski definition) is 2. The monoisotopic (exact) mass is 185 g/mol. The second-order valence-electron chi connectivity index (χ2n) is 5.40. The zero-order valence-electron chi connectivity index (χ0n) is 8.89. The van der Waals surface area contributed by atoms with Crippen molar-refractivity contribution in [2.75, 3.05) is 0 Å². The molecular weight excluding hydrogens is 166 g/mol. The molecular formula is C10H19NO2. The molecule has 0 aromatic heterocycles. The van der Waals surface area contributed by atoms with Gasteiger partial charge in [0, 0.05) is 18.8 Å². The van der Waals surface area contributed by atoms with Gasteiger partial charge in [-0.1, -0.05) is 0 Å². The van der Waals surface area contributed by atoms with Crippen molar-refractivity contribution in [1.29, 1.82) is 0 Å². The van der Waals surface area contributed by atoms with Crippen molar-refractivity contribution >= 4 is 6.29 Å². The number of hydroxylamine groups is 2. The van der Waals surface area contributed by atoms with Crippen molar-refractivity contribution in [2.45, 2.75) is 51.6 Å². The molecule has 0 saturated carbocycles. The molecule has 76 valence electrons. The van der Waals surface area contributed by atoms with E-state index in [2.05, 4.69) is 0 Å². The van der Waals surface area contributed by atoms with E-state index >= 15 is 0 Å². The fraction of sp³-hybridized carbons (Fsp3) is 0.900. The Balaban J connectivity index is 2.88. The summed E-state index contributed by atoms with van der Waals surface area (Å²) in [4.78, 5) is 10.7. The van der Waals surface area contributed by atoms with E-state index in [0.717, 1.165) is 6.29 Å². The Morgan fingerprint density at radius 3 is 1.92 bits per heavy atom. The highest BCUT2D eigenvalue weighted by Crippen LogP contribution is 2.26. The normalized spacial score (nSPS) is 37.0. The van der Waals surface area contributed by atoms with Gasteiger partial charge < -0.3 is 15.1 Å². The summed E-state index contributed by atoms with van der Waals surface area (Å²) >= 11 is 0. The second-order valence-corrected chi connectivity index (χ2v) is 5.40. The molecule has 13 heavy (non-hydrogen) atoms. The van der Waals surface area contributed by atoms with Gasteiger partial charge in [-0.05, 0) is 27.7 Å². The van der Waals surface area contributed by atoms with Crippen molar-refractivity contribution in [3.8, 4) is 0 Å².